The van der Waals surface area contributed by atoms with Gasteiger partial charge < -0.3 is 10.6 Å². The normalized spacial score (nSPS) is 13.2. The summed E-state index contributed by atoms with van der Waals surface area (Å²) in [6.07, 6.45) is 1.39. The molecule has 1 aliphatic heterocycles. The Morgan fingerprint density at radius 3 is 3.00 bits per heavy atom. The molecule has 0 bridgehead atoms. The van der Waals surface area contributed by atoms with E-state index in [1.54, 1.807) is 11.3 Å². The third-order valence-electron chi connectivity index (χ3n) is 3.57. The molecule has 3 nitrogen and oxygen atoms in total. The molecule has 4 heteroatoms. The number of carbonyl (C=O) groups excluding carboxylic acids is 1. The van der Waals surface area contributed by atoms with Gasteiger partial charge in [-0.15, -0.1) is 11.3 Å². The van der Waals surface area contributed by atoms with E-state index in [1.165, 1.54) is 21.6 Å². The molecule has 0 spiro atoms. The number of nitrogens with one attached hydrogen (secondary N) is 2. The first kappa shape index (κ1) is 13.3. The first-order chi connectivity index (χ1) is 9.81. The smallest absolute Gasteiger partial charge is 0.220 e. The molecule has 2 aromatic rings. The van der Waals surface area contributed by atoms with Gasteiger partial charge in [0.2, 0.25) is 5.91 Å². The first-order valence-corrected chi connectivity index (χ1v) is 7.80. The Morgan fingerprint density at radius 2 is 2.15 bits per heavy atom. The van der Waals surface area contributed by atoms with Crippen molar-refractivity contribution in [3.8, 4) is 0 Å². The molecule has 2 N–H and O–H groups in total. The van der Waals surface area contributed by atoms with E-state index < -0.39 is 0 Å². The predicted molar refractivity (Wildman–Crippen MR) is 81.5 cm³/mol. The minimum atomic E-state index is 0.122. The van der Waals surface area contributed by atoms with Crippen LogP contribution >= 0.6 is 11.3 Å². The fourth-order valence-corrected chi connectivity index (χ4v) is 3.15. The van der Waals surface area contributed by atoms with Crippen molar-refractivity contribution in [2.24, 2.45) is 0 Å². The van der Waals surface area contributed by atoms with Crippen LogP contribution in [0.1, 0.15) is 28.0 Å². The lowest BCUT2D eigenvalue weighted by atomic mass is 10.1. The van der Waals surface area contributed by atoms with Gasteiger partial charge in [-0.3, -0.25) is 4.79 Å². The molecule has 1 aromatic carbocycles. The molecular formula is C16H18N2OS. The molecule has 1 aromatic heterocycles. The summed E-state index contributed by atoms with van der Waals surface area (Å²) in [5.41, 5.74) is 3.91. The highest BCUT2D eigenvalue weighted by Gasteiger charge is 2.10. The summed E-state index contributed by atoms with van der Waals surface area (Å²) in [6.45, 7) is 2.52. The van der Waals surface area contributed by atoms with E-state index in [0.717, 1.165) is 19.5 Å². The number of fused-ring (bicyclic) bond motifs is 1. The van der Waals surface area contributed by atoms with Crippen LogP contribution in [0, 0.1) is 0 Å². The van der Waals surface area contributed by atoms with E-state index >= 15 is 0 Å². The van der Waals surface area contributed by atoms with Crippen molar-refractivity contribution in [1.29, 1.82) is 0 Å². The van der Waals surface area contributed by atoms with Crippen LogP contribution in [0.5, 0.6) is 0 Å². The highest BCUT2D eigenvalue weighted by Crippen LogP contribution is 2.17. The van der Waals surface area contributed by atoms with Crippen molar-refractivity contribution in [2.45, 2.75) is 32.5 Å². The predicted octanol–water partition coefficient (Wildman–Crippen LogP) is 2.60. The Morgan fingerprint density at radius 1 is 1.25 bits per heavy atom. The monoisotopic (exact) mass is 286 g/mol. The Kier molecular flexibility index (Phi) is 4.14. The van der Waals surface area contributed by atoms with E-state index in [9.17, 15) is 4.79 Å². The van der Waals surface area contributed by atoms with E-state index in [4.69, 9.17) is 0 Å². The number of aryl methyl sites for hydroxylation is 1. The summed E-state index contributed by atoms with van der Waals surface area (Å²) < 4.78 is 0. The SMILES string of the molecule is O=C(CCc1cccs1)NCc1ccc2c(c1)CNC2. The van der Waals surface area contributed by atoms with E-state index in [0.29, 0.717) is 13.0 Å². The van der Waals surface area contributed by atoms with Gasteiger partial charge in [0, 0.05) is 30.9 Å². The van der Waals surface area contributed by atoms with E-state index in [-0.39, 0.29) is 5.91 Å². The average Bonchev–Trinajstić information content (AvgIpc) is 3.13. The number of carbonyl (C=O) groups is 1. The second-order valence-electron chi connectivity index (χ2n) is 5.06. The van der Waals surface area contributed by atoms with Crippen molar-refractivity contribution in [3.63, 3.8) is 0 Å². The van der Waals surface area contributed by atoms with E-state index in [1.807, 2.05) is 11.4 Å². The van der Waals surface area contributed by atoms with Gasteiger partial charge in [0.1, 0.15) is 0 Å². The summed E-state index contributed by atoms with van der Waals surface area (Å²) >= 11 is 1.71. The van der Waals surface area contributed by atoms with Crippen LogP contribution in [-0.2, 0) is 30.8 Å². The van der Waals surface area contributed by atoms with Crippen molar-refractivity contribution in [2.75, 3.05) is 0 Å². The van der Waals surface area contributed by atoms with Crippen molar-refractivity contribution in [3.05, 3.63) is 57.3 Å². The molecular weight excluding hydrogens is 268 g/mol. The van der Waals surface area contributed by atoms with Crippen LogP contribution in [0.4, 0.5) is 0 Å². The number of hydrogen-bond acceptors (Lipinski definition) is 3. The molecule has 2 heterocycles. The third kappa shape index (κ3) is 3.26. The van der Waals surface area contributed by atoms with Crippen LogP contribution in [0.15, 0.2) is 35.7 Å². The Labute approximate surface area is 123 Å². The molecule has 0 radical (unpaired) electrons. The molecule has 20 heavy (non-hydrogen) atoms. The van der Waals surface area contributed by atoms with Gasteiger partial charge in [-0.05, 0) is 34.6 Å². The zero-order valence-electron chi connectivity index (χ0n) is 11.3. The van der Waals surface area contributed by atoms with Crippen molar-refractivity contribution >= 4 is 17.2 Å². The standard InChI is InChI=1S/C16H18N2OS/c19-16(6-5-15-2-1-7-20-15)18-9-12-3-4-13-10-17-11-14(13)8-12/h1-4,7-8,17H,5-6,9-11H2,(H,18,19). The topological polar surface area (TPSA) is 41.1 Å². The van der Waals surface area contributed by atoms with Crippen molar-refractivity contribution < 1.29 is 4.79 Å². The maximum atomic E-state index is 11.8. The fraction of sp³-hybridized carbons (Fsp3) is 0.312. The summed E-state index contributed by atoms with van der Waals surface area (Å²) in [4.78, 5) is 13.1. The molecule has 0 atom stereocenters. The van der Waals surface area contributed by atoms with Gasteiger partial charge in [0.15, 0.2) is 0 Å². The molecule has 0 fully saturated rings. The zero-order valence-corrected chi connectivity index (χ0v) is 12.1. The number of rotatable bonds is 5. The second kappa shape index (κ2) is 6.20. The fourth-order valence-electron chi connectivity index (χ4n) is 2.44. The number of thiophene rings is 1. The number of amides is 1. The summed E-state index contributed by atoms with van der Waals surface area (Å²) in [6, 6.07) is 10.5. The van der Waals surface area contributed by atoms with Crippen LogP contribution in [0.25, 0.3) is 0 Å². The molecule has 104 valence electrons. The molecule has 3 rings (SSSR count). The van der Waals surface area contributed by atoms with Gasteiger partial charge in [-0.2, -0.15) is 0 Å². The summed E-state index contributed by atoms with van der Waals surface area (Å²) in [5.74, 6) is 0.122. The van der Waals surface area contributed by atoms with Gasteiger partial charge in [-0.25, -0.2) is 0 Å². The highest BCUT2D eigenvalue weighted by atomic mass is 32.1. The average molecular weight is 286 g/mol. The maximum absolute atomic E-state index is 11.8. The minimum absolute atomic E-state index is 0.122. The minimum Gasteiger partial charge on any atom is -0.352 e. The second-order valence-corrected chi connectivity index (χ2v) is 6.09. The largest absolute Gasteiger partial charge is 0.352 e. The molecule has 0 saturated heterocycles. The quantitative estimate of drug-likeness (QED) is 0.887. The lowest BCUT2D eigenvalue weighted by Crippen LogP contribution is -2.22. The van der Waals surface area contributed by atoms with Crippen LogP contribution in [0.3, 0.4) is 0 Å². The third-order valence-corrected chi connectivity index (χ3v) is 4.51. The Hall–Kier alpha value is -1.65. The molecule has 0 unspecified atom stereocenters. The van der Waals surface area contributed by atoms with Gasteiger partial charge >= 0.3 is 0 Å². The maximum Gasteiger partial charge on any atom is 0.220 e. The molecule has 1 amide bonds. The molecule has 1 aliphatic rings. The molecule has 0 saturated carbocycles. The summed E-state index contributed by atoms with van der Waals surface area (Å²) in [5, 5.41) is 8.37. The van der Waals surface area contributed by atoms with Crippen LogP contribution in [0.2, 0.25) is 0 Å². The molecule has 0 aliphatic carbocycles. The van der Waals surface area contributed by atoms with Crippen LogP contribution in [-0.4, -0.2) is 5.91 Å². The first-order valence-electron chi connectivity index (χ1n) is 6.92. The lowest BCUT2D eigenvalue weighted by Gasteiger charge is -2.07. The van der Waals surface area contributed by atoms with Crippen molar-refractivity contribution in [1.82, 2.24) is 10.6 Å². The number of hydrogen-bond donors (Lipinski definition) is 2. The summed E-state index contributed by atoms with van der Waals surface area (Å²) in [7, 11) is 0. The Balaban J connectivity index is 1.48. The van der Waals surface area contributed by atoms with E-state index in [2.05, 4.69) is 34.9 Å². The van der Waals surface area contributed by atoms with Gasteiger partial charge in [-0.1, -0.05) is 24.3 Å². The van der Waals surface area contributed by atoms with Crippen LogP contribution < -0.4 is 10.6 Å². The Bertz CT molecular complexity index is 593. The zero-order chi connectivity index (χ0) is 13.8. The van der Waals surface area contributed by atoms with Gasteiger partial charge in [0.05, 0.1) is 0 Å². The highest BCUT2D eigenvalue weighted by molar-refractivity contribution is 7.09. The lowest BCUT2D eigenvalue weighted by molar-refractivity contribution is -0.121. The number of benzene rings is 1. The van der Waals surface area contributed by atoms with Gasteiger partial charge in [0.25, 0.3) is 0 Å².